The minimum Gasteiger partial charge on any atom is -0.380 e. The number of hydrogen-bond acceptors (Lipinski definition) is 2. The maximum Gasteiger partial charge on any atom is 0.0753 e. The van der Waals surface area contributed by atoms with Gasteiger partial charge in [-0.25, -0.2) is 0 Å². The Bertz CT molecular complexity index is 393. The largest absolute Gasteiger partial charge is 0.380 e. The predicted molar refractivity (Wildman–Crippen MR) is 71.7 cm³/mol. The number of ether oxygens (including phenoxy) is 1. The van der Waals surface area contributed by atoms with Crippen LogP contribution in [0.1, 0.15) is 18.4 Å². The summed E-state index contributed by atoms with van der Waals surface area (Å²) in [6.07, 6.45) is 3.27. The van der Waals surface area contributed by atoms with Crippen molar-refractivity contribution in [2.45, 2.75) is 31.4 Å². The van der Waals surface area contributed by atoms with Crippen molar-refractivity contribution in [3.05, 3.63) is 33.8 Å². The molecule has 0 saturated heterocycles. The van der Waals surface area contributed by atoms with Crippen LogP contribution in [0.25, 0.3) is 0 Å². The zero-order chi connectivity index (χ0) is 12.4. The van der Waals surface area contributed by atoms with E-state index in [-0.39, 0.29) is 12.1 Å². The van der Waals surface area contributed by atoms with Crippen LogP contribution in [0.5, 0.6) is 0 Å². The van der Waals surface area contributed by atoms with Crippen molar-refractivity contribution in [3.63, 3.8) is 0 Å². The van der Waals surface area contributed by atoms with Crippen LogP contribution in [0.2, 0.25) is 10.0 Å². The summed E-state index contributed by atoms with van der Waals surface area (Å²) in [5.41, 5.74) is 7.19. The second kappa shape index (κ2) is 5.57. The molecule has 0 amide bonds. The Balaban J connectivity index is 2.05. The summed E-state index contributed by atoms with van der Waals surface area (Å²) in [6, 6.07) is 5.45. The summed E-state index contributed by atoms with van der Waals surface area (Å²) < 4.78 is 5.48. The van der Waals surface area contributed by atoms with Crippen molar-refractivity contribution in [3.8, 4) is 0 Å². The van der Waals surface area contributed by atoms with Crippen LogP contribution in [-0.2, 0) is 11.2 Å². The van der Waals surface area contributed by atoms with Gasteiger partial charge in [-0.3, -0.25) is 0 Å². The molecule has 4 heteroatoms. The molecule has 2 unspecified atom stereocenters. The van der Waals surface area contributed by atoms with Crippen LogP contribution in [0, 0.1) is 5.92 Å². The zero-order valence-corrected chi connectivity index (χ0v) is 11.3. The third-order valence-corrected chi connectivity index (χ3v) is 3.85. The Hall–Kier alpha value is -0.280. The summed E-state index contributed by atoms with van der Waals surface area (Å²) in [5.74, 6) is 0.618. The fourth-order valence-corrected chi connectivity index (χ4v) is 2.60. The van der Waals surface area contributed by atoms with E-state index in [1.54, 1.807) is 13.2 Å². The minimum atomic E-state index is -0.0246. The van der Waals surface area contributed by atoms with Crippen LogP contribution in [-0.4, -0.2) is 19.3 Å². The Morgan fingerprint density at radius 2 is 2.12 bits per heavy atom. The van der Waals surface area contributed by atoms with E-state index < -0.39 is 0 Å². The lowest BCUT2D eigenvalue weighted by Gasteiger charge is -2.22. The average molecular weight is 274 g/mol. The number of methoxy groups -OCH3 is 1. The highest BCUT2D eigenvalue weighted by Crippen LogP contribution is 2.36. The van der Waals surface area contributed by atoms with Crippen LogP contribution in [0.15, 0.2) is 18.2 Å². The van der Waals surface area contributed by atoms with Gasteiger partial charge in [0.05, 0.1) is 6.10 Å². The van der Waals surface area contributed by atoms with E-state index in [9.17, 15) is 0 Å². The first-order chi connectivity index (χ1) is 8.11. The fourth-order valence-electron chi connectivity index (χ4n) is 2.21. The molecule has 2 N–H and O–H groups in total. The van der Waals surface area contributed by atoms with E-state index in [2.05, 4.69) is 0 Å². The molecule has 17 heavy (non-hydrogen) atoms. The van der Waals surface area contributed by atoms with Crippen LogP contribution < -0.4 is 5.73 Å². The Morgan fingerprint density at radius 1 is 1.41 bits per heavy atom. The average Bonchev–Trinajstić information content (AvgIpc) is 3.09. The van der Waals surface area contributed by atoms with Gasteiger partial charge in [0.2, 0.25) is 0 Å². The summed E-state index contributed by atoms with van der Waals surface area (Å²) in [5, 5.41) is 1.41. The smallest absolute Gasteiger partial charge is 0.0753 e. The molecule has 0 bridgehead atoms. The molecule has 94 valence electrons. The SMILES string of the molecule is COC(C(N)Cc1cc(Cl)ccc1Cl)C1CC1. The molecular formula is C13H17Cl2NO. The highest BCUT2D eigenvalue weighted by atomic mass is 35.5. The van der Waals surface area contributed by atoms with Crippen LogP contribution in [0.4, 0.5) is 0 Å². The van der Waals surface area contributed by atoms with Crippen molar-refractivity contribution >= 4 is 23.2 Å². The maximum absolute atomic E-state index is 6.19. The molecule has 1 fully saturated rings. The molecule has 1 aromatic rings. The third-order valence-electron chi connectivity index (χ3n) is 3.24. The molecule has 1 aliphatic carbocycles. The van der Waals surface area contributed by atoms with Gasteiger partial charge in [-0.05, 0) is 48.9 Å². The standard InChI is InChI=1S/C13H17Cl2NO/c1-17-13(8-2-3-8)12(16)7-9-6-10(14)4-5-11(9)15/h4-6,8,12-13H,2-3,7,16H2,1H3. The van der Waals surface area contributed by atoms with Gasteiger partial charge in [0, 0.05) is 23.2 Å². The lowest BCUT2D eigenvalue weighted by molar-refractivity contribution is 0.0627. The molecule has 0 heterocycles. The zero-order valence-electron chi connectivity index (χ0n) is 9.83. The lowest BCUT2D eigenvalue weighted by atomic mass is 9.99. The quantitative estimate of drug-likeness (QED) is 0.894. The van der Waals surface area contributed by atoms with Crippen molar-refractivity contribution in [2.24, 2.45) is 11.7 Å². The first-order valence-electron chi connectivity index (χ1n) is 5.84. The predicted octanol–water partition coefficient (Wildman–Crippen LogP) is 3.29. The number of halogens is 2. The summed E-state index contributed by atoms with van der Waals surface area (Å²) in [4.78, 5) is 0. The van der Waals surface area contributed by atoms with E-state index in [1.165, 1.54) is 12.8 Å². The van der Waals surface area contributed by atoms with Gasteiger partial charge < -0.3 is 10.5 Å². The van der Waals surface area contributed by atoms with E-state index in [1.807, 2.05) is 12.1 Å². The first kappa shape index (κ1) is 13.2. The Morgan fingerprint density at radius 3 is 2.71 bits per heavy atom. The molecule has 1 aliphatic rings. The van der Waals surface area contributed by atoms with Crippen LogP contribution >= 0.6 is 23.2 Å². The molecule has 0 aliphatic heterocycles. The number of rotatable bonds is 5. The van der Waals surface area contributed by atoms with Gasteiger partial charge >= 0.3 is 0 Å². The van der Waals surface area contributed by atoms with Crippen LogP contribution in [0.3, 0.4) is 0 Å². The monoisotopic (exact) mass is 273 g/mol. The number of benzene rings is 1. The second-order valence-electron chi connectivity index (χ2n) is 4.64. The molecule has 2 atom stereocenters. The number of nitrogens with two attached hydrogens (primary N) is 1. The molecule has 0 aromatic heterocycles. The van der Waals surface area contributed by atoms with Crippen molar-refractivity contribution in [2.75, 3.05) is 7.11 Å². The maximum atomic E-state index is 6.19. The highest BCUT2D eigenvalue weighted by molar-refractivity contribution is 6.33. The molecule has 2 rings (SSSR count). The van der Waals surface area contributed by atoms with Gasteiger partial charge in [0.15, 0.2) is 0 Å². The topological polar surface area (TPSA) is 35.2 Å². The molecule has 0 radical (unpaired) electrons. The summed E-state index contributed by atoms with van der Waals surface area (Å²) >= 11 is 12.1. The van der Waals surface area contributed by atoms with Gasteiger partial charge in [-0.15, -0.1) is 0 Å². The van der Waals surface area contributed by atoms with Crippen molar-refractivity contribution in [1.82, 2.24) is 0 Å². The van der Waals surface area contributed by atoms with Gasteiger partial charge in [0.25, 0.3) is 0 Å². The van der Waals surface area contributed by atoms with E-state index in [0.29, 0.717) is 17.4 Å². The van der Waals surface area contributed by atoms with E-state index in [0.717, 1.165) is 10.6 Å². The second-order valence-corrected chi connectivity index (χ2v) is 5.49. The highest BCUT2D eigenvalue weighted by Gasteiger charge is 2.35. The Kier molecular flexibility index (Phi) is 4.31. The molecule has 2 nitrogen and oxygen atoms in total. The first-order valence-corrected chi connectivity index (χ1v) is 6.59. The lowest BCUT2D eigenvalue weighted by Crippen LogP contribution is -2.39. The van der Waals surface area contributed by atoms with Gasteiger partial charge in [0.1, 0.15) is 0 Å². The molecule has 0 spiro atoms. The number of hydrogen-bond donors (Lipinski definition) is 1. The molecule has 1 aromatic carbocycles. The van der Waals surface area contributed by atoms with Crippen molar-refractivity contribution < 1.29 is 4.74 Å². The fraction of sp³-hybridized carbons (Fsp3) is 0.538. The third kappa shape index (κ3) is 3.35. The van der Waals surface area contributed by atoms with E-state index >= 15 is 0 Å². The van der Waals surface area contributed by atoms with Crippen molar-refractivity contribution in [1.29, 1.82) is 0 Å². The summed E-state index contributed by atoms with van der Waals surface area (Å²) in [7, 11) is 1.72. The Labute approximate surface area is 112 Å². The molecule has 1 saturated carbocycles. The molecular weight excluding hydrogens is 257 g/mol. The van der Waals surface area contributed by atoms with Gasteiger partial charge in [-0.2, -0.15) is 0 Å². The van der Waals surface area contributed by atoms with E-state index in [4.69, 9.17) is 33.7 Å². The normalized spacial score (nSPS) is 19.1. The van der Waals surface area contributed by atoms with Gasteiger partial charge in [-0.1, -0.05) is 23.2 Å². The minimum absolute atomic E-state index is 0.0246. The summed E-state index contributed by atoms with van der Waals surface area (Å²) in [6.45, 7) is 0.